The van der Waals surface area contributed by atoms with E-state index in [-0.39, 0.29) is 5.41 Å². The first-order valence-electron chi connectivity index (χ1n) is 14.4. The topological polar surface area (TPSA) is 43.6 Å². The van der Waals surface area contributed by atoms with Crippen LogP contribution < -0.4 is 0 Å². The molecule has 2 aromatic heterocycles. The molecule has 0 saturated heterocycles. The maximum atomic E-state index is 5.03. The Balaban J connectivity index is 1.61. The lowest BCUT2D eigenvalue weighted by Crippen LogP contribution is -2.15. The molecule has 6 rings (SSSR count). The summed E-state index contributed by atoms with van der Waals surface area (Å²) in [5.74, 6) is 1.67. The first-order chi connectivity index (χ1) is 19.1. The van der Waals surface area contributed by atoms with Gasteiger partial charge in [-0.2, -0.15) is 0 Å². The van der Waals surface area contributed by atoms with E-state index in [9.17, 15) is 0 Å². The summed E-state index contributed by atoms with van der Waals surface area (Å²) in [7, 11) is 0. The van der Waals surface area contributed by atoms with E-state index in [1.807, 2.05) is 12.4 Å². The van der Waals surface area contributed by atoms with Crippen molar-refractivity contribution in [3.63, 3.8) is 0 Å². The number of benzene rings is 3. The molecule has 0 spiro atoms. The minimum atomic E-state index is -0.0550. The van der Waals surface area contributed by atoms with Gasteiger partial charge in [0.05, 0.1) is 11.4 Å². The number of fused-ring (bicyclic) bond motifs is 3. The van der Waals surface area contributed by atoms with Crippen LogP contribution in [0.1, 0.15) is 88.1 Å². The van der Waals surface area contributed by atoms with Gasteiger partial charge < -0.3 is 0 Å². The third-order valence-electron chi connectivity index (χ3n) is 8.12. The molecule has 0 bridgehead atoms. The Morgan fingerprint density at radius 2 is 1.48 bits per heavy atom. The van der Waals surface area contributed by atoms with Crippen molar-refractivity contribution in [3.8, 4) is 39.5 Å². The Kier molecular flexibility index (Phi) is 6.45. The Bertz CT molecular complexity index is 1670. The summed E-state index contributed by atoms with van der Waals surface area (Å²) in [6.45, 7) is 16.0. The molecule has 3 aromatic carbocycles. The first-order valence-corrected chi connectivity index (χ1v) is 14.4. The number of hydrogen-bond donors (Lipinski definition) is 0. The van der Waals surface area contributed by atoms with E-state index in [4.69, 9.17) is 4.98 Å². The summed E-state index contributed by atoms with van der Waals surface area (Å²) in [5.41, 5.74) is 13.6. The van der Waals surface area contributed by atoms with Crippen molar-refractivity contribution in [2.24, 2.45) is 0 Å². The molecule has 4 heteroatoms. The zero-order chi connectivity index (χ0) is 28.2. The van der Waals surface area contributed by atoms with Crippen molar-refractivity contribution in [1.29, 1.82) is 0 Å². The van der Waals surface area contributed by atoms with Crippen LogP contribution >= 0.6 is 0 Å². The van der Waals surface area contributed by atoms with E-state index in [0.717, 1.165) is 17.9 Å². The average molecular weight is 527 g/mol. The normalized spacial score (nSPS) is 12.7. The van der Waals surface area contributed by atoms with Gasteiger partial charge in [0.2, 0.25) is 0 Å². The molecule has 0 N–H and O–H groups in total. The average Bonchev–Trinajstić information content (AvgIpc) is 3.56. The molecule has 40 heavy (non-hydrogen) atoms. The molecule has 0 amide bonds. The largest absolute Gasteiger partial charge is 0.299 e. The first kappa shape index (κ1) is 26.2. The fourth-order valence-electron chi connectivity index (χ4n) is 6.07. The summed E-state index contributed by atoms with van der Waals surface area (Å²) in [6.07, 6.45) is 8.58. The quantitative estimate of drug-likeness (QED) is 0.225. The maximum Gasteiger partial charge on any atom is 0.144 e. The Labute approximate surface area is 238 Å². The molecular formula is C36H38N4. The second-order valence-electron chi connectivity index (χ2n) is 12.7. The van der Waals surface area contributed by atoms with Crippen LogP contribution in [-0.4, -0.2) is 19.5 Å². The number of nitrogens with zero attached hydrogens (tertiary/aromatic N) is 4. The lowest BCUT2D eigenvalue weighted by atomic mass is 9.81. The van der Waals surface area contributed by atoms with Gasteiger partial charge in [-0.1, -0.05) is 84.9 Å². The van der Waals surface area contributed by atoms with Crippen molar-refractivity contribution in [2.75, 3.05) is 0 Å². The highest BCUT2D eigenvalue weighted by Crippen LogP contribution is 2.44. The van der Waals surface area contributed by atoms with Gasteiger partial charge in [-0.3, -0.25) is 4.57 Å². The van der Waals surface area contributed by atoms with Gasteiger partial charge in [-0.15, -0.1) is 0 Å². The molecule has 2 heterocycles. The van der Waals surface area contributed by atoms with Gasteiger partial charge >= 0.3 is 0 Å². The van der Waals surface area contributed by atoms with Crippen LogP contribution in [0.5, 0.6) is 0 Å². The van der Waals surface area contributed by atoms with Crippen molar-refractivity contribution < 1.29 is 0 Å². The van der Waals surface area contributed by atoms with Crippen LogP contribution in [0.3, 0.4) is 0 Å². The summed E-state index contributed by atoms with van der Waals surface area (Å²) in [5, 5.41) is 0. The highest BCUT2D eigenvalue weighted by molar-refractivity contribution is 5.81. The van der Waals surface area contributed by atoms with Gasteiger partial charge in [0.15, 0.2) is 0 Å². The van der Waals surface area contributed by atoms with E-state index in [2.05, 4.69) is 124 Å². The lowest BCUT2D eigenvalue weighted by Gasteiger charge is -2.27. The minimum absolute atomic E-state index is 0.0550. The maximum absolute atomic E-state index is 5.03. The number of hydrogen-bond acceptors (Lipinski definition) is 3. The second-order valence-corrected chi connectivity index (χ2v) is 12.7. The van der Waals surface area contributed by atoms with Crippen LogP contribution in [0.2, 0.25) is 0 Å². The zero-order valence-electron chi connectivity index (χ0n) is 24.7. The molecule has 202 valence electrons. The molecule has 0 radical (unpaired) electrons. The van der Waals surface area contributed by atoms with Crippen molar-refractivity contribution in [3.05, 3.63) is 107 Å². The van der Waals surface area contributed by atoms with Gasteiger partial charge in [0, 0.05) is 41.7 Å². The van der Waals surface area contributed by atoms with Crippen LogP contribution in [-0.2, 0) is 11.8 Å². The van der Waals surface area contributed by atoms with Crippen LogP contribution in [0, 0.1) is 0 Å². The second kappa shape index (κ2) is 9.85. The highest BCUT2D eigenvalue weighted by atomic mass is 15.1. The summed E-state index contributed by atoms with van der Waals surface area (Å²) in [4.78, 5) is 14.0. The molecular weight excluding hydrogens is 488 g/mol. The fourth-order valence-corrected chi connectivity index (χ4v) is 6.07. The zero-order valence-corrected chi connectivity index (χ0v) is 24.7. The Hall–Kier alpha value is -4.05. The summed E-state index contributed by atoms with van der Waals surface area (Å²) >= 11 is 0. The SMILES string of the molecule is CC(C)c1cc(-c2ccccc2)cc(C(C)C)c1-n1ccnc1-c1cc2c(cc1C(C)(C)C)Cc1cncnc1-2. The van der Waals surface area contributed by atoms with E-state index in [1.54, 1.807) is 6.33 Å². The predicted octanol–water partition coefficient (Wildman–Crippen LogP) is 9.11. The summed E-state index contributed by atoms with van der Waals surface area (Å²) < 4.78 is 2.34. The number of aromatic nitrogens is 4. The van der Waals surface area contributed by atoms with Gasteiger partial charge in [0.25, 0.3) is 0 Å². The summed E-state index contributed by atoms with van der Waals surface area (Å²) in [6, 6.07) is 20.2. The fraction of sp³-hybridized carbons (Fsp3) is 0.306. The molecule has 4 nitrogen and oxygen atoms in total. The Morgan fingerprint density at radius 3 is 2.12 bits per heavy atom. The molecule has 0 aliphatic heterocycles. The van der Waals surface area contributed by atoms with Crippen LogP contribution in [0.15, 0.2) is 79.5 Å². The molecule has 5 aromatic rings. The van der Waals surface area contributed by atoms with Crippen molar-refractivity contribution in [2.45, 2.75) is 72.1 Å². The van der Waals surface area contributed by atoms with E-state index >= 15 is 0 Å². The molecule has 1 aliphatic rings. The van der Waals surface area contributed by atoms with Gasteiger partial charge in [-0.05, 0) is 68.8 Å². The molecule has 0 fully saturated rings. The number of imidazole rings is 1. The van der Waals surface area contributed by atoms with Crippen molar-refractivity contribution in [1.82, 2.24) is 19.5 Å². The third kappa shape index (κ3) is 4.46. The molecule has 0 unspecified atom stereocenters. The predicted molar refractivity (Wildman–Crippen MR) is 165 cm³/mol. The molecule has 0 saturated carbocycles. The molecule has 0 atom stereocenters. The smallest absolute Gasteiger partial charge is 0.144 e. The number of rotatable bonds is 5. The van der Waals surface area contributed by atoms with Crippen LogP contribution in [0.25, 0.3) is 39.5 Å². The molecule has 1 aliphatic carbocycles. The van der Waals surface area contributed by atoms with Crippen LogP contribution in [0.4, 0.5) is 0 Å². The highest BCUT2D eigenvalue weighted by Gasteiger charge is 2.29. The third-order valence-corrected chi connectivity index (χ3v) is 8.12. The standard InChI is InChI=1S/C36H38N4/c1-22(2)28-16-25(24-11-9-8-10-12-24)17-29(23(3)4)34(28)40-14-13-38-35(40)31-19-30-26(18-32(31)36(5,6)7)15-27-20-37-21-39-33(27)30/h8-14,16-23H,15H2,1-7H3. The Morgan fingerprint density at radius 1 is 0.775 bits per heavy atom. The lowest BCUT2D eigenvalue weighted by molar-refractivity contribution is 0.590. The van der Waals surface area contributed by atoms with E-state index in [1.165, 1.54) is 55.8 Å². The minimum Gasteiger partial charge on any atom is -0.299 e. The van der Waals surface area contributed by atoms with Crippen molar-refractivity contribution >= 4 is 0 Å². The van der Waals surface area contributed by atoms with Gasteiger partial charge in [-0.25, -0.2) is 15.0 Å². The van der Waals surface area contributed by atoms with Gasteiger partial charge in [0.1, 0.15) is 12.2 Å². The van der Waals surface area contributed by atoms with E-state index in [0.29, 0.717) is 11.8 Å². The van der Waals surface area contributed by atoms with E-state index < -0.39 is 0 Å². The monoisotopic (exact) mass is 526 g/mol.